The Kier molecular flexibility index (Phi) is 4.89. The van der Waals surface area contributed by atoms with Gasteiger partial charge in [-0.2, -0.15) is 0 Å². The van der Waals surface area contributed by atoms with Crippen LogP contribution in [0.15, 0.2) is 0 Å². The Morgan fingerprint density at radius 1 is 1.53 bits per heavy atom. The van der Waals surface area contributed by atoms with Crippen LogP contribution in [0, 0.1) is 5.41 Å². The van der Waals surface area contributed by atoms with Crippen molar-refractivity contribution < 1.29 is 19.4 Å². The van der Waals surface area contributed by atoms with Crippen LogP contribution in [-0.2, 0) is 14.3 Å². The maximum atomic E-state index is 11.6. The largest absolute Gasteiger partial charge is 0.481 e. The molecule has 0 aromatic carbocycles. The van der Waals surface area contributed by atoms with E-state index in [0.717, 1.165) is 6.54 Å². The van der Waals surface area contributed by atoms with Crippen LogP contribution in [0.5, 0.6) is 0 Å². The molecule has 0 aromatic heterocycles. The highest BCUT2D eigenvalue weighted by Crippen LogP contribution is 2.13. The second-order valence-electron chi connectivity index (χ2n) is 4.90. The highest BCUT2D eigenvalue weighted by molar-refractivity contribution is 5.79. The Morgan fingerprint density at radius 2 is 2.24 bits per heavy atom. The van der Waals surface area contributed by atoms with Crippen LogP contribution in [0.3, 0.4) is 0 Å². The fourth-order valence-corrected chi connectivity index (χ4v) is 1.44. The van der Waals surface area contributed by atoms with Gasteiger partial charge in [0.25, 0.3) is 0 Å². The Labute approximate surface area is 101 Å². The molecule has 1 atom stereocenters. The number of carboxylic acid groups (broad SMARTS) is 1. The lowest BCUT2D eigenvalue weighted by molar-refractivity contribution is -0.146. The first-order valence-electron chi connectivity index (χ1n) is 5.73. The van der Waals surface area contributed by atoms with Gasteiger partial charge in [-0.05, 0) is 13.8 Å². The highest BCUT2D eigenvalue weighted by atomic mass is 16.5. The number of aliphatic carboxylic acids is 1. The summed E-state index contributed by atoms with van der Waals surface area (Å²) in [4.78, 5) is 22.4. The SMILES string of the molecule is CC(C)(CNC(=O)CC1COCCN1)C(=O)O. The molecule has 1 aliphatic rings. The molecule has 1 unspecified atom stereocenters. The molecule has 0 aromatic rings. The third-order valence-electron chi connectivity index (χ3n) is 2.74. The normalized spacial score (nSPS) is 20.9. The van der Waals surface area contributed by atoms with Gasteiger partial charge >= 0.3 is 5.97 Å². The van der Waals surface area contributed by atoms with Gasteiger partial charge in [-0.3, -0.25) is 9.59 Å². The number of carbonyl (C=O) groups excluding carboxylic acids is 1. The van der Waals surface area contributed by atoms with Crippen molar-refractivity contribution in [1.82, 2.24) is 10.6 Å². The summed E-state index contributed by atoms with van der Waals surface area (Å²) in [5, 5.41) is 14.7. The topological polar surface area (TPSA) is 87.7 Å². The molecule has 1 saturated heterocycles. The van der Waals surface area contributed by atoms with E-state index in [1.54, 1.807) is 13.8 Å². The molecular weight excluding hydrogens is 224 g/mol. The maximum Gasteiger partial charge on any atom is 0.310 e. The summed E-state index contributed by atoms with van der Waals surface area (Å²) < 4.78 is 5.23. The zero-order chi connectivity index (χ0) is 12.9. The van der Waals surface area contributed by atoms with E-state index >= 15 is 0 Å². The first-order chi connectivity index (χ1) is 7.92. The van der Waals surface area contributed by atoms with Crippen LogP contribution in [-0.4, -0.2) is 49.3 Å². The van der Waals surface area contributed by atoms with Gasteiger partial charge in [0.2, 0.25) is 5.91 Å². The Morgan fingerprint density at radius 3 is 2.76 bits per heavy atom. The average molecular weight is 244 g/mol. The van der Waals surface area contributed by atoms with Crippen LogP contribution in [0.1, 0.15) is 20.3 Å². The Hall–Kier alpha value is -1.14. The minimum absolute atomic E-state index is 0.0247. The smallest absolute Gasteiger partial charge is 0.310 e. The summed E-state index contributed by atoms with van der Waals surface area (Å²) in [6.07, 6.45) is 0.315. The minimum atomic E-state index is -0.938. The zero-order valence-electron chi connectivity index (χ0n) is 10.3. The summed E-state index contributed by atoms with van der Waals surface area (Å²) in [5.41, 5.74) is -0.938. The molecule has 0 aliphatic carbocycles. The van der Waals surface area contributed by atoms with Gasteiger partial charge < -0.3 is 20.5 Å². The van der Waals surface area contributed by atoms with Crippen molar-refractivity contribution in [1.29, 1.82) is 0 Å². The maximum absolute atomic E-state index is 11.6. The molecule has 6 heteroatoms. The molecule has 0 radical (unpaired) electrons. The molecule has 0 spiro atoms. The lowest BCUT2D eigenvalue weighted by Gasteiger charge is -2.24. The van der Waals surface area contributed by atoms with E-state index in [1.165, 1.54) is 0 Å². The van der Waals surface area contributed by atoms with E-state index in [1.807, 2.05) is 0 Å². The first kappa shape index (κ1) is 13.9. The van der Waals surface area contributed by atoms with E-state index < -0.39 is 11.4 Å². The number of nitrogens with one attached hydrogen (secondary N) is 2. The number of carbonyl (C=O) groups is 2. The summed E-state index contributed by atoms with van der Waals surface area (Å²) in [6.45, 7) is 5.24. The van der Waals surface area contributed by atoms with Crippen molar-refractivity contribution in [3.05, 3.63) is 0 Å². The molecule has 6 nitrogen and oxygen atoms in total. The second kappa shape index (κ2) is 5.97. The van der Waals surface area contributed by atoms with E-state index in [4.69, 9.17) is 9.84 Å². The van der Waals surface area contributed by atoms with Crippen molar-refractivity contribution >= 4 is 11.9 Å². The predicted octanol–water partition coefficient (Wildman–Crippen LogP) is -0.408. The van der Waals surface area contributed by atoms with Gasteiger partial charge in [0.1, 0.15) is 0 Å². The Bertz CT molecular complexity index is 285. The minimum Gasteiger partial charge on any atom is -0.481 e. The van der Waals surface area contributed by atoms with Gasteiger partial charge in [-0.1, -0.05) is 0 Å². The number of hydrogen-bond donors (Lipinski definition) is 3. The molecule has 3 N–H and O–H groups in total. The fourth-order valence-electron chi connectivity index (χ4n) is 1.44. The number of morpholine rings is 1. The standard InChI is InChI=1S/C11H20N2O4/c1-11(2,10(15)16)7-13-9(14)5-8-6-17-4-3-12-8/h8,12H,3-7H2,1-2H3,(H,13,14)(H,15,16). The molecule has 17 heavy (non-hydrogen) atoms. The molecule has 1 aliphatic heterocycles. The van der Waals surface area contributed by atoms with Gasteiger partial charge in [0.05, 0.1) is 18.6 Å². The van der Waals surface area contributed by atoms with Gasteiger partial charge in [-0.25, -0.2) is 0 Å². The number of ether oxygens (including phenoxy) is 1. The fraction of sp³-hybridized carbons (Fsp3) is 0.818. The van der Waals surface area contributed by atoms with Crippen molar-refractivity contribution in [2.45, 2.75) is 26.3 Å². The van der Waals surface area contributed by atoms with E-state index in [-0.39, 0.29) is 18.5 Å². The summed E-state index contributed by atoms with van der Waals surface area (Å²) >= 11 is 0. The van der Waals surface area contributed by atoms with E-state index in [2.05, 4.69) is 10.6 Å². The van der Waals surface area contributed by atoms with E-state index in [0.29, 0.717) is 19.6 Å². The monoisotopic (exact) mass is 244 g/mol. The number of hydrogen-bond acceptors (Lipinski definition) is 4. The summed E-state index contributed by atoms with van der Waals surface area (Å²) in [5.74, 6) is -1.07. The molecule has 1 rings (SSSR count). The van der Waals surface area contributed by atoms with Crippen LogP contribution in [0.2, 0.25) is 0 Å². The number of rotatable bonds is 5. The van der Waals surface area contributed by atoms with Crippen LogP contribution >= 0.6 is 0 Å². The lowest BCUT2D eigenvalue weighted by atomic mass is 9.94. The third-order valence-corrected chi connectivity index (χ3v) is 2.74. The van der Waals surface area contributed by atoms with Crippen LogP contribution < -0.4 is 10.6 Å². The first-order valence-corrected chi connectivity index (χ1v) is 5.73. The van der Waals surface area contributed by atoms with Crippen molar-refractivity contribution in [2.75, 3.05) is 26.3 Å². The predicted molar refractivity (Wildman–Crippen MR) is 61.7 cm³/mol. The number of amides is 1. The highest BCUT2D eigenvalue weighted by Gasteiger charge is 2.28. The van der Waals surface area contributed by atoms with Gasteiger partial charge in [-0.15, -0.1) is 0 Å². The third kappa shape index (κ3) is 4.70. The molecular formula is C11H20N2O4. The Balaban J connectivity index is 2.27. The molecule has 1 heterocycles. The lowest BCUT2D eigenvalue weighted by Crippen LogP contribution is -2.46. The van der Waals surface area contributed by atoms with Crippen LogP contribution in [0.25, 0.3) is 0 Å². The van der Waals surface area contributed by atoms with Gasteiger partial charge in [0, 0.05) is 25.6 Å². The molecule has 0 bridgehead atoms. The summed E-state index contributed by atoms with van der Waals surface area (Å²) in [7, 11) is 0. The molecule has 98 valence electrons. The molecule has 1 fully saturated rings. The second-order valence-corrected chi connectivity index (χ2v) is 4.90. The van der Waals surface area contributed by atoms with E-state index in [9.17, 15) is 9.59 Å². The molecule has 1 amide bonds. The zero-order valence-corrected chi connectivity index (χ0v) is 10.3. The van der Waals surface area contributed by atoms with Crippen molar-refractivity contribution in [3.63, 3.8) is 0 Å². The number of carboxylic acids is 1. The summed E-state index contributed by atoms with van der Waals surface area (Å²) in [6, 6.07) is 0.0247. The van der Waals surface area contributed by atoms with Crippen LogP contribution in [0.4, 0.5) is 0 Å². The van der Waals surface area contributed by atoms with Crippen molar-refractivity contribution in [2.24, 2.45) is 5.41 Å². The van der Waals surface area contributed by atoms with Gasteiger partial charge in [0.15, 0.2) is 0 Å². The van der Waals surface area contributed by atoms with Crippen molar-refractivity contribution in [3.8, 4) is 0 Å². The quantitative estimate of drug-likeness (QED) is 0.612. The molecule has 0 saturated carbocycles. The average Bonchev–Trinajstić information content (AvgIpc) is 2.28.